The molecule has 1 aromatic rings. The molecule has 1 atom stereocenters. The zero-order valence-electron chi connectivity index (χ0n) is 10.3. The van der Waals surface area contributed by atoms with Crippen LogP contribution in [-0.4, -0.2) is 17.3 Å². The quantitative estimate of drug-likeness (QED) is 0.886. The molecule has 0 saturated heterocycles. The number of hydrogen-bond donors (Lipinski definition) is 2. The van der Waals surface area contributed by atoms with Crippen molar-refractivity contribution in [1.29, 1.82) is 0 Å². The number of anilines is 1. The van der Waals surface area contributed by atoms with Gasteiger partial charge in [-0.25, -0.2) is 0 Å². The van der Waals surface area contributed by atoms with Gasteiger partial charge in [0.25, 0.3) is 0 Å². The topological polar surface area (TPSA) is 32.3 Å². The lowest BCUT2D eigenvalue weighted by Gasteiger charge is -2.28. The van der Waals surface area contributed by atoms with E-state index < -0.39 is 5.60 Å². The predicted molar refractivity (Wildman–Crippen MR) is 72.8 cm³/mol. The third-order valence-corrected chi connectivity index (χ3v) is 4.01. The van der Waals surface area contributed by atoms with Crippen LogP contribution in [0.2, 0.25) is 0 Å². The molecular weight excluding hydrogens is 266 g/mol. The Labute approximate surface area is 106 Å². The van der Waals surface area contributed by atoms with Crippen molar-refractivity contribution in [3.05, 3.63) is 28.2 Å². The molecule has 0 bridgehead atoms. The monoisotopic (exact) mass is 285 g/mol. The largest absolute Gasteiger partial charge is 0.388 e. The highest BCUT2D eigenvalue weighted by molar-refractivity contribution is 9.10. The average molecular weight is 286 g/mol. The first-order chi connectivity index (χ1) is 7.34. The van der Waals surface area contributed by atoms with Gasteiger partial charge in [-0.15, -0.1) is 0 Å². The fourth-order valence-electron chi connectivity index (χ4n) is 1.28. The molecule has 1 unspecified atom stereocenters. The summed E-state index contributed by atoms with van der Waals surface area (Å²) in [5, 5.41) is 13.4. The van der Waals surface area contributed by atoms with E-state index in [1.165, 1.54) is 5.56 Å². The van der Waals surface area contributed by atoms with Crippen LogP contribution in [0.3, 0.4) is 0 Å². The van der Waals surface area contributed by atoms with Crippen LogP contribution in [0.1, 0.15) is 26.3 Å². The first kappa shape index (κ1) is 13.5. The predicted octanol–water partition coefficient (Wildman–Crippen LogP) is 3.58. The summed E-state index contributed by atoms with van der Waals surface area (Å²) in [5.74, 6) is 0.229. The number of hydrogen-bond acceptors (Lipinski definition) is 2. The molecule has 1 aromatic carbocycles. The van der Waals surface area contributed by atoms with Gasteiger partial charge in [0, 0.05) is 16.7 Å². The highest BCUT2D eigenvalue weighted by Gasteiger charge is 2.24. The first-order valence-corrected chi connectivity index (χ1v) is 6.35. The number of halogens is 1. The smallest absolute Gasteiger partial charge is 0.0813 e. The second kappa shape index (κ2) is 5.19. The minimum absolute atomic E-state index is 0.229. The lowest BCUT2D eigenvalue weighted by atomic mass is 9.92. The van der Waals surface area contributed by atoms with Crippen molar-refractivity contribution >= 4 is 21.6 Å². The van der Waals surface area contributed by atoms with Gasteiger partial charge in [0.05, 0.1) is 5.60 Å². The molecule has 0 aromatic heterocycles. The van der Waals surface area contributed by atoms with Crippen molar-refractivity contribution in [2.75, 3.05) is 11.9 Å². The second-order valence-electron chi connectivity index (χ2n) is 4.78. The van der Waals surface area contributed by atoms with Crippen LogP contribution in [0.25, 0.3) is 0 Å². The standard InChI is InChI=1S/C13H20BrNO/c1-9(2)13(4,16)8-15-12-7-5-6-11(14)10(12)3/h5-7,9,15-16H,8H2,1-4H3. The van der Waals surface area contributed by atoms with Crippen molar-refractivity contribution in [2.24, 2.45) is 5.92 Å². The normalized spacial score (nSPS) is 14.9. The molecule has 0 radical (unpaired) electrons. The van der Waals surface area contributed by atoms with Crippen LogP contribution in [0.4, 0.5) is 5.69 Å². The fraction of sp³-hybridized carbons (Fsp3) is 0.538. The van der Waals surface area contributed by atoms with Crippen LogP contribution in [0, 0.1) is 12.8 Å². The van der Waals surface area contributed by atoms with Gasteiger partial charge in [0.15, 0.2) is 0 Å². The van der Waals surface area contributed by atoms with Gasteiger partial charge in [0.1, 0.15) is 0 Å². The molecule has 0 aliphatic rings. The molecule has 2 nitrogen and oxygen atoms in total. The summed E-state index contributed by atoms with van der Waals surface area (Å²) in [6.45, 7) is 8.52. The summed E-state index contributed by atoms with van der Waals surface area (Å²) < 4.78 is 1.08. The lowest BCUT2D eigenvalue weighted by molar-refractivity contribution is 0.0266. The average Bonchev–Trinajstić information content (AvgIpc) is 2.20. The van der Waals surface area contributed by atoms with Crippen molar-refractivity contribution in [1.82, 2.24) is 0 Å². The van der Waals surface area contributed by atoms with Gasteiger partial charge >= 0.3 is 0 Å². The van der Waals surface area contributed by atoms with E-state index in [9.17, 15) is 5.11 Å². The SMILES string of the molecule is Cc1c(Br)cccc1NCC(C)(O)C(C)C. The minimum Gasteiger partial charge on any atom is -0.388 e. The molecule has 0 fully saturated rings. The lowest BCUT2D eigenvalue weighted by Crippen LogP contribution is -2.38. The Hall–Kier alpha value is -0.540. The van der Waals surface area contributed by atoms with Crippen LogP contribution in [0.15, 0.2) is 22.7 Å². The van der Waals surface area contributed by atoms with E-state index in [-0.39, 0.29) is 5.92 Å². The van der Waals surface area contributed by atoms with Gasteiger partial charge < -0.3 is 10.4 Å². The molecular formula is C13H20BrNO. The summed E-state index contributed by atoms with van der Waals surface area (Å²) in [6.07, 6.45) is 0. The van der Waals surface area contributed by atoms with Crippen LogP contribution >= 0.6 is 15.9 Å². The molecule has 0 heterocycles. The fourth-order valence-corrected chi connectivity index (χ4v) is 1.64. The zero-order chi connectivity index (χ0) is 12.3. The maximum atomic E-state index is 10.1. The Morgan fingerprint density at radius 1 is 1.44 bits per heavy atom. The Bertz CT molecular complexity index is 361. The van der Waals surface area contributed by atoms with Gasteiger partial charge in [-0.3, -0.25) is 0 Å². The highest BCUT2D eigenvalue weighted by atomic mass is 79.9. The first-order valence-electron chi connectivity index (χ1n) is 5.56. The maximum Gasteiger partial charge on any atom is 0.0813 e. The van der Waals surface area contributed by atoms with Gasteiger partial charge in [0.2, 0.25) is 0 Å². The molecule has 2 N–H and O–H groups in total. The second-order valence-corrected chi connectivity index (χ2v) is 5.63. The summed E-state index contributed by atoms with van der Waals surface area (Å²) >= 11 is 3.49. The maximum absolute atomic E-state index is 10.1. The minimum atomic E-state index is -0.686. The third-order valence-electron chi connectivity index (χ3n) is 3.15. The number of rotatable bonds is 4. The van der Waals surface area contributed by atoms with Gasteiger partial charge in [-0.2, -0.15) is 0 Å². The molecule has 0 saturated carbocycles. The molecule has 0 spiro atoms. The molecule has 16 heavy (non-hydrogen) atoms. The number of aliphatic hydroxyl groups is 1. The van der Waals surface area contributed by atoms with Crippen LogP contribution in [0.5, 0.6) is 0 Å². The summed E-state index contributed by atoms with van der Waals surface area (Å²) in [7, 11) is 0. The number of nitrogens with one attached hydrogen (secondary N) is 1. The van der Waals surface area contributed by atoms with Crippen molar-refractivity contribution < 1.29 is 5.11 Å². The molecule has 0 aliphatic heterocycles. The van der Waals surface area contributed by atoms with Crippen molar-refractivity contribution in [2.45, 2.75) is 33.3 Å². The van der Waals surface area contributed by atoms with E-state index in [0.29, 0.717) is 6.54 Å². The van der Waals surface area contributed by atoms with E-state index in [4.69, 9.17) is 0 Å². The zero-order valence-corrected chi connectivity index (χ0v) is 11.9. The van der Waals surface area contributed by atoms with E-state index in [1.807, 2.05) is 39.0 Å². The Morgan fingerprint density at radius 2 is 2.06 bits per heavy atom. The van der Waals surface area contributed by atoms with Gasteiger partial charge in [-0.1, -0.05) is 35.8 Å². The van der Waals surface area contributed by atoms with E-state index in [0.717, 1.165) is 10.2 Å². The van der Waals surface area contributed by atoms with Crippen LogP contribution < -0.4 is 5.32 Å². The number of benzene rings is 1. The summed E-state index contributed by atoms with van der Waals surface area (Å²) in [4.78, 5) is 0. The molecule has 90 valence electrons. The highest BCUT2D eigenvalue weighted by Crippen LogP contribution is 2.25. The molecule has 0 aliphatic carbocycles. The van der Waals surface area contributed by atoms with E-state index in [1.54, 1.807) is 0 Å². The van der Waals surface area contributed by atoms with Crippen molar-refractivity contribution in [3.63, 3.8) is 0 Å². The Balaban J connectivity index is 2.72. The molecule has 3 heteroatoms. The van der Waals surface area contributed by atoms with E-state index in [2.05, 4.69) is 28.2 Å². The Morgan fingerprint density at radius 3 is 2.62 bits per heavy atom. The van der Waals surface area contributed by atoms with Gasteiger partial charge in [-0.05, 0) is 37.5 Å². The summed E-state index contributed by atoms with van der Waals surface area (Å²) in [6, 6.07) is 6.03. The third kappa shape index (κ3) is 3.22. The van der Waals surface area contributed by atoms with E-state index >= 15 is 0 Å². The summed E-state index contributed by atoms with van der Waals surface area (Å²) in [5.41, 5.74) is 1.55. The van der Waals surface area contributed by atoms with Crippen LogP contribution in [-0.2, 0) is 0 Å². The Kier molecular flexibility index (Phi) is 4.39. The molecule has 0 amide bonds. The molecule has 1 rings (SSSR count). The van der Waals surface area contributed by atoms with Crippen molar-refractivity contribution in [3.8, 4) is 0 Å².